The highest BCUT2D eigenvalue weighted by molar-refractivity contribution is 6.42. The first kappa shape index (κ1) is 12.6. The van der Waals surface area contributed by atoms with Crippen molar-refractivity contribution in [2.75, 3.05) is 11.1 Å². The molecule has 2 rings (SSSR count). The zero-order valence-corrected chi connectivity index (χ0v) is 10.8. The fourth-order valence-corrected chi connectivity index (χ4v) is 1.78. The molecule has 0 saturated heterocycles. The number of nitrogens with two attached hydrogens (primary N) is 1. The van der Waals surface area contributed by atoms with Gasteiger partial charge in [-0.1, -0.05) is 23.2 Å². The fourth-order valence-electron chi connectivity index (χ4n) is 1.48. The molecule has 0 aromatic heterocycles. The Morgan fingerprint density at radius 2 is 1.67 bits per heavy atom. The second-order valence-corrected chi connectivity index (χ2v) is 4.48. The van der Waals surface area contributed by atoms with Crippen LogP contribution in [0.2, 0.25) is 10.0 Å². The average Bonchev–Trinajstić information content (AvgIpc) is 2.34. The summed E-state index contributed by atoms with van der Waals surface area (Å²) in [5, 5.41) is 12.9. The Morgan fingerprint density at radius 1 is 1.00 bits per heavy atom. The second kappa shape index (κ2) is 5.18. The van der Waals surface area contributed by atoms with Gasteiger partial charge in [-0.05, 0) is 36.4 Å². The lowest BCUT2D eigenvalue weighted by Crippen LogP contribution is -1.94. The van der Waals surface area contributed by atoms with E-state index in [1.807, 2.05) is 12.1 Å². The maximum absolute atomic E-state index is 8.78. The van der Waals surface area contributed by atoms with Gasteiger partial charge in [0.25, 0.3) is 0 Å². The van der Waals surface area contributed by atoms with Crippen molar-refractivity contribution in [3.05, 3.63) is 52.0 Å². The van der Waals surface area contributed by atoms with Crippen molar-refractivity contribution >= 4 is 40.3 Å². The van der Waals surface area contributed by atoms with Crippen molar-refractivity contribution in [1.29, 1.82) is 5.26 Å². The van der Waals surface area contributed by atoms with E-state index in [0.29, 0.717) is 21.3 Å². The highest BCUT2D eigenvalue weighted by atomic mass is 35.5. The molecule has 5 heteroatoms. The van der Waals surface area contributed by atoms with Crippen molar-refractivity contribution in [1.82, 2.24) is 0 Å². The lowest BCUT2D eigenvalue weighted by Gasteiger charge is -2.08. The monoisotopic (exact) mass is 277 g/mol. The van der Waals surface area contributed by atoms with Crippen LogP contribution in [-0.4, -0.2) is 0 Å². The SMILES string of the molecule is N#Cc1ccc(Nc2ccc(Cl)c(Cl)c2)cc1N. The van der Waals surface area contributed by atoms with Gasteiger partial charge in [-0.3, -0.25) is 0 Å². The number of benzene rings is 2. The molecular formula is C13H9Cl2N3. The molecule has 0 atom stereocenters. The highest BCUT2D eigenvalue weighted by Crippen LogP contribution is 2.27. The highest BCUT2D eigenvalue weighted by Gasteiger charge is 2.02. The van der Waals surface area contributed by atoms with Gasteiger partial charge in [0.05, 0.1) is 21.3 Å². The summed E-state index contributed by atoms with van der Waals surface area (Å²) in [6.45, 7) is 0. The molecular weight excluding hydrogens is 269 g/mol. The van der Waals surface area contributed by atoms with Crippen LogP contribution in [-0.2, 0) is 0 Å². The van der Waals surface area contributed by atoms with Crippen molar-refractivity contribution in [2.24, 2.45) is 0 Å². The van der Waals surface area contributed by atoms with E-state index in [-0.39, 0.29) is 0 Å². The standard InChI is InChI=1S/C13H9Cl2N3/c14-11-4-3-9(5-12(11)15)18-10-2-1-8(7-16)13(17)6-10/h1-6,18H,17H2. The molecule has 0 unspecified atom stereocenters. The summed E-state index contributed by atoms with van der Waals surface area (Å²) in [5.41, 5.74) is 8.20. The number of nitrogens with zero attached hydrogens (tertiary/aromatic N) is 1. The Hall–Kier alpha value is -1.89. The van der Waals surface area contributed by atoms with Gasteiger partial charge in [-0.15, -0.1) is 0 Å². The third-order valence-electron chi connectivity index (χ3n) is 2.38. The number of halogens is 2. The molecule has 2 aromatic carbocycles. The van der Waals surface area contributed by atoms with Crippen molar-refractivity contribution < 1.29 is 0 Å². The van der Waals surface area contributed by atoms with Crippen LogP contribution >= 0.6 is 23.2 Å². The van der Waals surface area contributed by atoms with Crippen LogP contribution in [0.5, 0.6) is 0 Å². The summed E-state index contributed by atoms with van der Waals surface area (Å²) in [5.74, 6) is 0. The number of hydrogen-bond acceptors (Lipinski definition) is 3. The molecule has 0 spiro atoms. The molecule has 18 heavy (non-hydrogen) atoms. The van der Waals surface area contributed by atoms with Gasteiger partial charge < -0.3 is 11.1 Å². The van der Waals surface area contributed by atoms with Gasteiger partial charge in [-0.2, -0.15) is 5.26 Å². The minimum absolute atomic E-state index is 0.433. The van der Waals surface area contributed by atoms with E-state index in [0.717, 1.165) is 11.4 Å². The van der Waals surface area contributed by atoms with Crippen LogP contribution in [0.1, 0.15) is 5.56 Å². The summed E-state index contributed by atoms with van der Waals surface area (Å²) in [6, 6.07) is 12.4. The van der Waals surface area contributed by atoms with Crippen molar-refractivity contribution in [2.45, 2.75) is 0 Å². The van der Waals surface area contributed by atoms with Crippen LogP contribution in [0.4, 0.5) is 17.1 Å². The zero-order valence-electron chi connectivity index (χ0n) is 9.24. The average molecular weight is 278 g/mol. The molecule has 3 nitrogen and oxygen atoms in total. The van der Waals surface area contributed by atoms with Crippen LogP contribution in [0.15, 0.2) is 36.4 Å². The maximum Gasteiger partial charge on any atom is 0.101 e. The van der Waals surface area contributed by atoms with E-state index in [2.05, 4.69) is 5.32 Å². The molecule has 0 bridgehead atoms. The van der Waals surface area contributed by atoms with Gasteiger partial charge in [0.1, 0.15) is 6.07 Å². The molecule has 3 N–H and O–H groups in total. The van der Waals surface area contributed by atoms with E-state index in [1.165, 1.54) is 0 Å². The molecule has 0 heterocycles. The Kier molecular flexibility index (Phi) is 3.61. The van der Waals surface area contributed by atoms with Crippen LogP contribution in [0.25, 0.3) is 0 Å². The smallest absolute Gasteiger partial charge is 0.101 e. The predicted molar refractivity (Wildman–Crippen MR) is 75.3 cm³/mol. The number of nitriles is 1. The topological polar surface area (TPSA) is 61.8 Å². The molecule has 90 valence electrons. The summed E-state index contributed by atoms with van der Waals surface area (Å²) < 4.78 is 0. The molecule has 0 amide bonds. The van der Waals surface area contributed by atoms with E-state index < -0.39 is 0 Å². The minimum Gasteiger partial charge on any atom is -0.398 e. The fraction of sp³-hybridized carbons (Fsp3) is 0. The van der Waals surface area contributed by atoms with Crippen LogP contribution in [0, 0.1) is 11.3 Å². The predicted octanol–water partition coefficient (Wildman–Crippen LogP) is 4.19. The Bertz CT molecular complexity index is 633. The van der Waals surface area contributed by atoms with Crippen molar-refractivity contribution in [3.8, 4) is 6.07 Å². The maximum atomic E-state index is 8.78. The van der Waals surface area contributed by atoms with Gasteiger partial charge in [0.2, 0.25) is 0 Å². The Balaban J connectivity index is 2.26. The number of nitrogens with one attached hydrogen (secondary N) is 1. The minimum atomic E-state index is 0.433. The number of anilines is 3. The van der Waals surface area contributed by atoms with E-state index in [4.69, 9.17) is 34.2 Å². The van der Waals surface area contributed by atoms with E-state index >= 15 is 0 Å². The van der Waals surface area contributed by atoms with Crippen molar-refractivity contribution in [3.63, 3.8) is 0 Å². The largest absolute Gasteiger partial charge is 0.398 e. The normalized spacial score (nSPS) is 9.83. The molecule has 0 radical (unpaired) electrons. The van der Waals surface area contributed by atoms with Gasteiger partial charge in [-0.25, -0.2) is 0 Å². The number of nitrogen functional groups attached to an aromatic ring is 1. The molecule has 0 aliphatic rings. The molecule has 0 aliphatic heterocycles. The molecule has 2 aromatic rings. The quantitative estimate of drug-likeness (QED) is 0.809. The summed E-state index contributed by atoms with van der Waals surface area (Å²) >= 11 is 11.8. The third-order valence-corrected chi connectivity index (χ3v) is 3.12. The first-order valence-corrected chi connectivity index (χ1v) is 5.87. The summed E-state index contributed by atoms with van der Waals surface area (Å²) in [6.07, 6.45) is 0. The van der Waals surface area contributed by atoms with E-state index in [1.54, 1.807) is 30.3 Å². The second-order valence-electron chi connectivity index (χ2n) is 3.67. The van der Waals surface area contributed by atoms with E-state index in [9.17, 15) is 0 Å². The van der Waals surface area contributed by atoms with Crippen LogP contribution in [0.3, 0.4) is 0 Å². The summed E-state index contributed by atoms with van der Waals surface area (Å²) in [4.78, 5) is 0. The molecule has 0 aliphatic carbocycles. The van der Waals surface area contributed by atoms with Gasteiger partial charge in [0.15, 0.2) is 0 Å². The lowest BCUT2D eigenvalue weighted by atomic mass is 10.2. The summed E-state index contributed by atoms with van der Waals surface area (Å²) in [7, 11) is 0. The number of hydrogen-bond donors (Lipinski definition) is 2. The number of rotatable bonds is 2. The molecule has 0 saturated carbocycles. The van der Waals surface area contributed by atoms with Crippen LogP contribution < -0.4 is 11.1 Å². The Labute approximate surface area is 115 Å². The zero-order chi connectivity index (χ0) is 13.1. The van der Waals surface area contributed by atoms with Gasteiger partial charge >= 0.3 is 0 Å². The first-order chi connectivity index (χ1) is 8.60. The molecule has 0 fully saturated rings. The third kappa shape index (κ3) is 2.67. The van der Waals surface area contributed by atoms with Gasteiger partial charge in [0, 0.05) is 11.4 Å². The Morgan fingerprint density at radius 3 is 2.28 bits per heavy atom. The first-order valence-electron chi connectivity index (χ1n) is 5.12. The lowest BCUT2D eigenvalue weighted by molar-refractivity contribution is 1.47.